The molecule has 4 nitrogen and oxygen atoms in total. The molecule has 1 aromatic heterocycles. The molecule has 2 atom stereocenters. The van der Waals surface area contributed by atoms with Gasteiger partial charge in [0.2, 0.25) is 5.91 Å². The second-order valence-electron chi connectivity index (χ2n) is 5.12. The molecule has 2 rings (SSSR count). The molecule has 17 heavy (non-hydrogen) atoms. The van der Waals surface area contributed by atoms with Crippen LogP contribution in [0.15, 0.2) is 22.8 Å². The van der Waals surface area contributed by atoms with Crippen molar-refractivity contribution >= 4 is 5.91 Å². The molecule has 1 aliphatic carbocycles. The molecule has 2 unspecified atom stereocenters. The van der Waals surface area contributed by atoms with Gasteiger partial charge in [-0.15, -0.1) is 0 Å². The molecule has 0 saturated heterocycles. The van der Waals surface area contributed by atoms with E-state index in [1.165, 1.54) is 6.42 Å². The van der Waals surface area contributed by atoms with Gasteiger partial charge in [-0.2, -0.15) is 0 Å². The maximum atomic E-state index is 12.1. The number of hydrogen-bond donors (Lipinski definition) is 2. The van der Waals surface area contributed by atoms with Gasteiger partial charge in [-0.3, -0.25) is 4.79 Å². The number of nitrogens with one attached hydrogen (secondary N) is 1. The van der Waals surface area contributed by atoms with Crippen LogP contribution in [0.1, 0.15) is 38.4 Å². The van der Waals surface area contributed by atoms with Crippen LogP contribution in [0.2, 0.25) is 0 Å². The minimum atomic E-state index is -0.690. The third-order valence-electron chi connectivity index (χ3n) is 3.49. The van der Waals surface area contributed by atoms with Crippen molar-refractivity contribution in [3.63, 3.8) is 0 Å². The van der Waals surface area contributed by atoms with Crippen molar-refractivity contribution in [3.8, 4) is 0 Å². The van der Waals surface area contributed by atoms with E-state index in [9.17, 15) is 4.79 Å². The number of nitrogens with two attached hydrogens (primary N) is 1. The number of carbonyl (C=O) groups is 1. The standard InChI is InChI=1S/C13H20N2O2/c1-10-4-2-6-13(14,8-10)12(16)15-9-11-5-3-7-17-11/h3,5,7,10H,2,4,6,8-9,14H2,1H3,(H,15,16). The first kappa shape index (κ1) is 12.2. The van der Waals surface area contributed by atoms with Crippen LogP contribution in [-0.4, -0.2) is 11.4 Å². The van der Waals surface area contributed by atoms with Crippen LogP contribution in [0.4, 0.5) is 0 Å². The predicted molar refractivity (Wildman–Crippen MR) is 65.1 cm³/mol. The van der Waals surface area contributed by atoms with E-state index in [1.807, 2.05) is 12.1 Å². The number of furan rings is 1. The highest BCUT2D eigenvalue weighted by Gasteiger charge is 2.37. The van der Waals surface area contributed by atoms with Crippen LogP contribution in [0.25, 0.3) is 0 Å². The summed E-state index contributed by atoms with van der Waals surface area (Å²) in [5, 5.41) is 2.86. The van der Waals surface area contributed by atoms with Gasteiger partial charge in [0.1, 0.15) is 5.76 Å². The van der Waals surface area contributed by atoms with Gasteiger partial charge >= 0.3 is 0 Å². The highest BCUT2D eigenvalue weighted by Crippen LogP contribution is 2.30. The fourth-order valence-electron chi connectivity index (χ4n) is 2.55. The molecule has 1 heterocycles. The summed E-state index contributed by atoms with van der Waals surface area (Å²) in [5.41, 5.74) is 5.50. The van der Waals surface area contributed by atoms with Crippen molar-refractivity contribution in [2.24, 2.45) is 11.7 Å². The predicted octanol–water partition coefficient (Wildman–Crippen LogP) is 1.80. The molecule has 1 saturated carbocycles. The lowest BCUT2D eigenvalue weighted by Crippen LogP contribution is -2.56. The summed E-state index contributed by atoms with van der Waals surface area (Å²) in [5.74, 6) is 1.23. The summed E-state index contributed by atoms with van der Waals surface area (Å²) in [6.07, 6.45) is 5.36. The topological polar surface area (TPSA) is 68.3 Å². The molecule has 0 aliphatic heterocycles. The quantitative estimate of drug-likeness (QED) is 0.841. The van der Waals surface area contributed by atoms with Crippen LogP contribution in [0, 0.1) is 5.92 Å². The minimum Gasteiger partial charge on any atom is -0.467 e. The van der Waals surface area contributed by atoms with Crippen LogP contribution >= 0.6 is 0 Å². The van der Waals surface area contributed by atoms with Gasteiger partial charge in [-0.25, -0.2) is 0 Å². The third-order valence-corrected chi connectivity index (χ3v) is 3.49. The van der Waals surface area contributed by atoms with E-state index in [1.54, 1.807) is 6.26 Å². The number of hydrogen-bond acceptors (Lipinski definition) is 3. The van der Waals surface area contributed by atoms with Crippen LogP contribution < -0.4 is 11.1 Å². The van der Waals surface area contributed by atoms with Crippen LogP contribution in [0.3, 0.4) is 0 Å². The molecule has 1 aliphatic rings. The summed E-state index contributed by atoms with van der Waals surface area (Å²) in [6, 6.07) is 3.65. The summed E-state index contributed by atoms with van der Waals surface area (Å²) in [6.45, 7) is 2.57. The number of amides is 1. The van der Waals surface area contributed by atoms with Crippen molar-refractivity contribution in [2.45, 2.75) is 44.7 Å². The third kappa shape index (κ3) is 2.88. The molecule has 1 aromatic rings. The van der Waals surface area contributed by atoms with E-state index in [0.717, 1.165) is 25.0 Å². The second kappa shape index (κ2) is 4.92. The molecule has 4 heteroatoms. The fraction of sp³-hybridized carbons (Fsp3) is 0.615. The maximum absolute atomic E-state index is 12.1. The normalized spacial score (nSPS) is 28.9. The van der Waals surface area contributed by atoms with Gasteiger partial charge in [-0.05, 0) is 30.9 Å². The Balaban J connectivity index is 1.90. The molecule has 0 aromatic carbocycles. The SMILES string of the molecule is CC1CCCC(N)(C(=O)NCc2ccco2)C1. The zero-order valence-corrected chi connectivity index (χ0v) is 10.2. The number of carbonyl (C=O) groups excluding carboxylic acids is 1. The molecule has 0 bridgehead atoms. The Bertz CT molecular complexity index is 375. The maximum Gasteiger partial charge on any atom is 0.240 e. The monoisotopic (exact) mass is 236 g/mol. The van der Waals surface area contributed by atoms with E-state index in [0.29, 0.717) is 12.5 Å². The first-order chi connectivity index (χ1) is 8.10. The summed E-state index contributed by atoms with van der Waals surface area (Å²) in [7, 11) is 0. The highest BCUT2D eigenvalue weighted by atomic mass is 16.3. The number of rotatable bonds is 3. The Morgan fingerprint density at radius 1 is 1.71 bits per heavy atom. The average molecular weight is 236 g/mol. The van der Waals surface area contributed by atoms with E-state index in [4.69, 9.17) is 10.2 Å². The van der Waals surface area contributed by atoms with Gasteiger partial charge in [-0.1, -0.05) is 19.8 Å². The first-order valence-corrected chi connectivity index (χ1v) is 6.20. The van der Waals surface area contributed by atoms with Gasteiger partial charge in [0.25, 0.3) is 0 Å². The van der Waals surface area contributed by atoms with Gasteiger partial charge < -0.3 is 15.5 Å². The molecular formula is C13H20N2O2. The lowest BCUT2D eigenvalue weighted by molar-refractivity contribution is -0.128. The molecule has 94 valence electrons. The van der Waals surface area contributed by atoms with E-state index < -0.39 is 5.54 Å². The zero-order chi connectivity index (χ0) is 12.3. The van der Waals surface area contributed by atoms with Crippen molar-refractivity contribution in [2.75, 3.05) is 0 Å². The fourth-order valence-corrected chi connectivity index (χ4v) is 2.55. The smallest absolute Gasteiger partial charge is 0.240 e. The molecule has 3 N–H and O–H groups in total. The van der Waals surface area contributed by atoms with Crippen molar-refractivity contribution in [1.82, 2.24) is 5.32 Å². The zero-order valence-electron chi connectivity index (χ0n) is 10.2. The van der Waals surface area contributed by atoms with Gasteiger partial charge in [0.15, 0.2) is 0 Å². The van der Waals surface area contributed by atoms with Crippen molar-refractivity contribution < 1.29 is 9.21 Å². The van der Waals surface area contributed by atoms with E-state index in [2.05, 4.69) is 12.2 Å². The summed E-state index contributed by atoms with van der Waals surface area (Å²) >= 11 is 0. The largest absolute Gasteiger partial charge is 0.467 e. The Labute approximate surface area is 102 Å². The molecule has 0 spiro atoms. The molecule has 0 radical (unpaired) electrons. The average Bonchev–Trinajstić information content (AvgIpc) is 2.78. The molecular weight excluding hydrogens is 216 g/mol. The molecule has 1 fully saturated rings. The Kier molecular flexibility index (Phi) is 3.52. The molecule has 1 amide bonds. The summed E-state index contributed by atoms with van der Waals surface area (Å²) in [4.78, 5) is 12.1. The highest BCUT2D eigenvalue weighted by molar-refractivity contribution is 5.86. The van der Waals surface area contributed by atoms with Crippen LogP contribution in [0.5, 0.6) is 0 Å². The lowest BCUT2D eigenvalue weighted by atomic mass is 9.76. The second-order valence-corrected chi connectivity index (χ2v) is 5.12. The first-order valence-electron chi connectivity index (χ1n) is 6.20. The van der Waals surface area contributed by atoms with Gasteiger partial charge in [0, 0.05) is 0 Å². The Morgan fingerprint density at radius 3 is 3.18 bits per heavy atom. The van der Waals surface area contributed by atoms with Crippen molar-refractivity contribution in [3.05, 3.63) is 24.2 Å². The van der Waals surface area contributed by atoms with Crippen LogP contribution in [-0.2, 0) is 11.3 Å². The lowest BCUT2D eigenvalue weighted by Gasteiger charge is -2.35. The Morgan fingerprint density at radius 2 is 2.53 bits per heavy atom. The van der Waals surface area contributed by atoms with Gasteiger partial charge in [0.05, 0.1) is 18.3 Å². The summed E-state index contributed by atoms with van der Waals surface area (Å²) < 4.78 is 5.17. The Hall–Kier alpha value is -1.29. The van der Waals surface area contributed by atoms with E-state index >= 15 is 0 Å². The minimum absolute atomic E-state index is 0.0551. The van der Waals surface area contributed by atoms with E-state index in [-0.39, 0.29) is 5.91 Å². The van der Waals surface area contributed by atoms with Crippen molar-refractivity contribution in [1.29, 1.82) is 0 Å².